The van der Waals surface area contributed by atoms with Gasteiger partial charge in [0, 0.05) is 50.5 Å². The molecule has 3 rings (SSSR count). The lowest BCUT2D eigenvalue weighted by Crippen LogP contribution is -2.29. The van der Waals surface area contributed by atoms with Crippen LogP contribution in [-0.4, -0.2) is 49.2 Å². The summed E-state index contributed by atoms with van der Waals surface area (Å²) in [6, 6.07) is 7.98. The summed E-state index contributed by atoms with van der Waals surface area (Å²) in [6.07, 6.45) is 6.83. The van der Waals surface area contributed by atoms with Gasteiger partial charge in [-0.05, 0) is 43.5 Å². The van der Waals surface area contributed by atoms with E-state index < -0.39 is 0 Å². The molecule has 26 heavy (non-hydrogen) atoms. The highest BCUT2D eigenvalue weighted by Gasteiger charge is 2.12. The van der Waals surface area contributed by atoms with E-state index in [4.69, 9.17) is 4.74 Å². The van der Waals surface area contributed by atoms with Crippen molar-refractivity contribution in [2.24, 2.45) is 0 Å². The normalized spacial score (nSPS) is 14.1. The smallest absolute Gasteiger partial charge is 0.258 e. The number of carbonyl (C=O) groups is 1. The van der Waals surface area contributed by atoms with Crippen LogP contribution in [0, 0.1) is 0 Å². The maximum absolute atomic E-state index is 12.3. The number of hydrogen-bond donors (Lipinski definition) is 2. The van der Waals surface area contributed by atoms with Gasteiger partial charge in [0.2, 0.25) is 5.95 Å². The van der Waals surface area contributed by atoms with E-state index in [-0.39, 0.29) is 5.91 Å². The number of aromatic nitrogens is 2. The average Bonchev–Trinajstić information content (AvgIpc) is 2.70. The van der Waals surface area contributed by atoms with Crippen LogP contribution in [0.15, 0.2) is 36.7 Å². The molecule has 0 spiro atoms. The molecule has 1 aliphatic rings. The molecule has 0 saturated carbocycles. The van der Waals surface area contributed by atoms with Gasteiger partial charge in [-0.2, -0.15) is 0 Å². The lowest BCUT2D eigenvalue weighted by Gasteiger charge is -2.28. The van der Waals surface area contributed by atoms with Crippen LogP contribution in [0.5, 0.6) is 0 Å². The Morgan fingerprint density at radius 3 is 2.46 bits per heavy atom. The molecule has 1 amide bonds. The Kier molecular flexibility index (Phi) is 6.38. The van der Waals surface area contributed by atoms with E-state index in [0.29, 0.717) is 24.7 Å². The summed E-state index contributed by atoms with van der Waals surface area (Å²) in [5, 5.41) is 5.90. The second kappa shape index (κ2) is 9.15. The standard InChI is InChI=1S/C19H25N5O2/c1-26-12-9-20-19-21-13-15(14-22-19)18(25)23-16-5-7-17(8-6-16)24-10-3-2-4-11-24/h5-8,13-14H,2-4,9-12H2,1H3,(H,23,25)(H,20,21,22). The topological polar surface area (TPSA) is 79.4 Å². The highest BCUT2D eigenvalue weighted by molar-refractivity contribution is 6.03. The third-order valence-corrected chi connectivity index (χ3v) is 4.35. The van der Waals surface area contributed by atoms with Gasteiger partial charge in [-0.15, -0.1) is 0 Å². The second-order valence-corrected chi connectivity index (χ2v) is 6.26. The van der Waals surface area contributed by atoms with Gasteiger partial charge in [0.1, 0.15) is 0 Å². The maximum atomic E-state index is 12.3. The zero-order chi connectivity index (χ0) is 18.2. The van der Waals surface area contributed by atoms with E-state index in [1.165, 1.54) is 37.3 Å². The number of rotatable bonds is 7. The molecular weight excluding hydrogens is 330 g/mol. The van der Waals surface area contributed by atoms with Gasteiger partial charge in [0.05, 0.1) is 12.2 Å². The Morgan fingerprint density at radius 1 is 1.12 bits per heavy atom. The van der Waals surface area contributed by atoms with Crippen molar-refractivity contribution in [3.05, 3.63) is 42.2 Å². The maximum Gasteiger partial charge on any atom is 0.258 e. The number of nitrogens with one attached hydrogen (secondary N) is 2. The average molecular weight is 355 g/mol. The van der Waals surface area contributed by atoms with E-state index in [0.717, 1.165) is 18.8 Å². The third-order valence-electron chi connectivity index (χ3n) is 4.35. The van der Waals surface area contributed by atoms with Crippen molar-refractivity contribution in [1.82, 2.24) is 9.97 Å². The van der Waals surface area contributed by atoms with Crippen LogP contribution < -0.4 is 15.5 Å². The Morgan fingerprint density at radius 2 is 1.81 bits per heavy atom. The highest BCUT2D eigenvalue weighted by atomic mass is 16.5. The quantitative estimate of drug-likeness (QED) is 0.744. The van der Waals surface area contributed by atoms with Crippen LogP contribution in [0.1, 0.15) is 29.6 Å². The summed E-state index contributed by atoms with van der Waals surface area (Å²) >= 11 is 0. The number of benzene rings is 1. The van der Waals surface area contributed by atoms with Crippen LogP contribution in [-0.2, 0) is 4.74 Å². The molecule has 1 aromatic carbocycles. The van der Waals surface area contributed by atoms with Crippen molar-refractivity contribution in [2.75, 3.05) is 48.9 Å². The molecule has 1 saturated heterocycles. The summed E-state index contributed by atoms with van der Waals surface area (Å²) < 4.78 is 4.95. The van der Waals surface area contributed by atoms with E-state index in [1.807, 2.05) is 12.1 Å². The predicted molar refractivity (Wildman–Crippen MR) is 103 cm³/mol. The lowest BCUT2D eigenvalue weighted by molar-refractivity contribution is 0.102. The van der Waals surface area contributed by atoms with E-state index in [1.54, 1.807) is 7.11 Å². The molecule has 7 heteroatoms. The fraction of sp³-hybridized carbons (Fsp3) is 0.421. The number of carbonyl (C=O) groups excluding carboxylic acids is 1. The lowest BCUT2D eigenvalue weighted by atomic mass is 10.1. The predicted octanol–water partition coefficient (Wildman–Crippen LogP) is 2.78. The first kappa shape index (κ1) is 18.1. The van der Waals surface area contributed by atoms with Crippen molar-refractivity contribution in [2.45, 2.75) is 19.3 Å². The fourth-order valence-electron chi connectivity index (χ4n) is 2.91. The molecule has 2 heterocycles. The number of piperidine rings is 1. The molecule has 0 radical (unpaired) electrons. The Bertz CT molecular complexity index is 697. The zero-order valence-electron chi connectivity index (χ0n) is 15.1. The van der Waals surface area contributed by atoms with Crippen LogP contribution in [0.3, 0.4) is 0 Å². The van der Waals surface area contributed by atoms with Crippen molar-refractivity contribution in [3.63, 3.8) is 0 Å². The minimum atomic E-state index is -0.223. The molecule has 0 bridgehead atoms. The molecule has 0 atom stereocenters. The van der Waals surface area contributed by atoms with Crippen LogP contribution in [0.2, 0.25) is 0 Å². The number of amides is 1. The van der Waals surface area contributed by atoms with E-state index in [2.05, 4.69) is 37.6 Å². The largest absolute Gasteiger partial charge is 0.383 e. The molecule has 138 valence electrons. The molecule has 7 nitrogen and oxygen atoms in total. The third kappa shape index (κ3) is 4.92. The van der Waals surface area contributed by atoms with Gasteiger partial charge in [-0.3, -0.25) is 4.79 Å². The minimum Gasteiger partial charge on any atom is -0.383 e. The molecule has 2 N–H and O–H groups in total. The van der Waals surface area contributed by atoms with Crippen molar-refractivity contribution in [1.29, 1.82) is 0 Å². The first-order valence-corrected chi connectivity index (χ1v) is 8.97. The van der Waals surface area contributed by atoms with Crippen LogP contribution in [0.4, 0.5) is 17.3 Å². The van der Waals surface area contributed by atoms with Gasteiger partial charge in [0.15, 0.2) is 0 Å². The summed E-state index contributed by atoms with van der Waals surface area (Å²) in [4.78, 5) is 23.0. The van der Waals surface area contributed by atoms with Gasteiger partial charge in [0.25, 0.3) is 5.91 Å². The SMILES string of the molecule is COCCNc1ncc(C(=O)Nc2ccc(N3CCCCC3)cc2)cn1. The Balaban J connectivity index is 1.55. The first-order chi connectivity index (χ1) is 12.8. The zero-order valence-corrected chi connectivity index (χ0v) is 15.1. The molecule has 1 aromatic heterocycles. The van der Waals surface area contributed by atoms with Gasteiger partial charge >= 0.3 is 0 Å². The molecule has 1 fully saturated rings. The second-order valence-electron chi connectivity index (χ2n) is 6.26. The van der Waals surface area contributed by atoms with Crippen molar-refractivity contribution in [3.8, 4) is 0 Å². The summed E-state index contributed by atoms with van der Waals surface area (Å²) in [6.45, 7) is 3.39. The summed E-state index contributed by atoms with van der Waals surface area (Å²) in [7, 11) is 1.63. The molecule has 0 unspecified atom stereocenters. The summed E-state index contributed by atoms with van der Waals surface area (Å²) in [5.41, 5.74) is 2.39. The molecule has 1 aliphatic heterocycles. The monoisotopic (exact) mass is 355 g/mol. The number of anilines is 3. The molecule has 0 aliphatic carbocycles. The Labute approximate surface area is 153 Å². The van der Waals surface area contributed by atoms with Crippen LogP contribution >= 0.6 is 0 Å². The Hall–Kier alpha value is -2.67. The first-order valence-electron chi connectivity index (χ1n) is 8.97. The van der Waals surface area contributed by atoms with Crippen LogP contribution in [0.25, 0.3) is 0 Å². The van der Waals surface area contributed by atoms with E-state index >= 15 is 0 Å². The van der Waals surface area contributed by atoms with Gasteiger partial charge in [-0.25, -0.2) is 9.97 Å². The number of nitrogens with zero attached hydrogens (tertiary/aromatic N) is 3. The summed E-state index contributed by atoms with van der Waals surface area (Å²) in [5.74, 6) is 0.253. The van der Waals surface area contributed by atoms with Gasteiger partial charge < -0.3 is 20.3 Å². The van der Waals surface area contributed by atoms with E-state index in [9.17, 15) is 4.79 Å². The number of ether oxygens (including phenoxy) is 1. The fourth-order valence-corrected chi connectivity index (χ4v) is 2.91. The number of methoxy groups -OCH3 is 1. The van der Waals surface area contributed by atoms with Crippen molar-refractivity contribution < 1.29 is 9.53 Å². The van der Waals surface area contributed by atoms with Gasteiger partial charge in [-0.1, -0.05) is 0 Å². The van der Waals surface area contributed by atoms with Crippen molar-refractivity contribution >= 4 is 23.2 Å². The molecular formula is C19H25N5O2. The number of hydrogen-bond acceptors (Lipinski definition) is 6. The minimum absolute atomic E-state index is 0.223. The highest BCUT2D eigenvalue weighted by Crippen LogP contribution is 2.22. The molecule has 2 aromatic rings.